The van der Waals surface area contributed by atoms with Crippen LogP contribution in [0.25, 0.3) is 0 Å². The Balaban J connectivity index is 1.15. The van der Waals surface area contributed by atoms with Crippen molar-refractivity contribution in [3.8, 4) is 0 Å². The molecule has 5 rings (SSSR count). The van der Waals surface area contributed by atoms with Crippen molar-refractivity contribution in [1.29, 1.82) is 0 Å². The van der Waals surface area contributed by atoms with E-state index in [1.165, 1.54) is 17.0 Å². The fourth-order valence-electron chi connectivity index (χ4n) is 4.74. The maximum atomic E-state index is 14.0. The van der Waals surface area contributed by atoms with E-state index in [1.54, 1.807) is 12.1 Å². The molecule has 35 heavy (non-hydrogen) atoms. The van der Waals surface area contributed by atoms with E-state index in [9.17, 15) is 27.2 Å². The lowest BCUT2D eigenvalue weighted by atomic mass is 10.1. The molecule has 0 aromatic heterocycles. The second-order valence-electron chi connectivity index (χ2n) is 9.62. The molecule has 1 aromatic rings. The molecule has 4 unspecified atom stereocenters. The van der Waals surface area contributed by atoms with Gasteiger partial charge in [-0.3, -0.25) is 19.2 Å². The minimum Gasteiger partial charge on any atom is -0.445 e. The molecule has 0 bridgehead atoms. The van der Waals surface area contributed by atoms with Gasteiger partial charge in [-0.05, 0) is 30.9 Å². The van der Waals surface area contributed by atoms with Gasteiger partial charge in [0.2, 0.25) is 15.9 Å². The first kappa shape index (κ1) is 23.7. The Hall–Kier alpha value is -2.99. The Labute approximate surface area is 202 Å². The number of halogens is 1. The summed E-state index contributed by atoms with van der Waals surface area (Å²) in [7, 11) is -3.76. The zero-order chi connectivity index (χ0) is 25.0. The van der Waals surface area contributed by atoms with Gasteiger partial charge in [0.05, 0.1) is 17.8 Å². The number of amides is 3. The standard InChI is InChI=1S/C23H27FN4O6S/c1-2-14-9-23(14,21(30)27-35(32,33)16-6-7-16)26-20(29)19-8-15(10-25-19)34-22(31)28-11-13-4-3-5-18(24)17(13)12-28/h2-5,14-16,19,25H,1,6-12H2,(H,26,29)(H,27,30). The van der Waals surface area contributed by atoms with Gasteiger partial charge in [-0.2, -0.15) is 0 Å². The quantitative estimate of drug-likeness (QED) is 0.463. The molecule has 12 heteroatoms. The van der Waals surface area contributed by atoms with Crippen molar-refractivity contribution < 1.29 is 31.9 Å². The first-order chi connectivity index (χ1) is 16.6. The molecule has 1 aromatic carbocycles. The van der Waals surface area contributed by atoms with Gasteiger partial charge in [-0.1, -0.05) is 18.2 Å². The van der Waals surface area contributed by atoms with Crippen molar-refractivity contribution in [1.82, 2.24) is 20.3 Å². The van der Waals surface area contributed by atoms with E-state index >= 15 is 0 Å². The van der Waals surface area contributed by atoms with Crippen molar-refractivity contribution in [3.63, 3.8) is 0 Å². The second-order valence-corrected chi connectivity index (χ2v) is 11.6. The highest BCUT2D eigenvalue weighted by molar-refractivity contribution is 7.91. The number of benzene rings is 1. The number of nitrogens with one attached hydrogen (secondary N) is 3. The summed E-state index contributed by atoms with van der Waals surface area (Å²) in [5, 5.41) is 5.12. The fourth-order valence-corrected chi connectivity index (χ4v) is 6.11. The number of rotatable bonds is 7. The first-order valence-corrected chi connectivity index (χ1v) is 13.1. The van der Waals surface area contributed by atoms with E-state index in [1.807, 2.05) is 0 Å². The highest BCUT2D eigenvalue weighted by atomic mass is 32.2. The molecule has 2 aliphatic carbocycles. The number of sulfonamides is 1. The number of nitrogens with zero attached hydrogens (tertiary/aromatic N) is 1. The molecular formula is C23H27FN4O6S. The van der Waals surface area contributed by atoms with Crippen LogP contribution in [0.3, 0.4) is 0 Å². The predicted octanol–water partition coefficient (Wildman–Crippen LogP) is 0.678. The van der Waals surface area contributed by atoms with Crippen LogP contribution in [0, 0.1) is 11.7 Å². The zero-order valence-electron chi connectivity index (χ0n) is 19.0. The molecule has 188 valence electrons. The van der Waals surface area contributed by atoms with Gasteiger partial charge in [0, 0.05) is 31.0 Å². The van der Waals surface area contributed by atoms with Crippen LogP contribution < -0.4 is 15.4 Å². The summed E-state index contributed by atoms with van der Waals surface area (Å²) in [6.45, 7) is 4.28. The summed E-state index contributed by atoms with van der Waals surface area (Å²) in [6.07, 6.45) is 1.81. The molecule has 3 N–H and O–H groups in total. The van der Waals surface area contributed by atoms with Gasteiger partial charge in [-0.25, -0.2) is 17.6 Å². The van der Waals surface area contributed by atoms with Crippen molar-refractivity contribution in [2.45, 2.75) is 61.7 Å². The topological polar surface area (TPSA) is 134 Å². The van der Waals surface area contributed by atoms with E-state index in [0.717, 1.165) is 5.56 Å². The molecule has 4 atom stereocenters. The van der Waals surface area contributed by atoms with Gasteiger partial charge >= 0.3 is 6.09 Å². The van der Waals surface area contributed by atoms with Gasteiger partial charge in [0.15, 0.2) is 0 Å². The molecule has 2 aliphatic heterocycles. The van der Waals surface area contributed by atoms with Crippen LogP contribution in [-0.2, 0) is 37.4 Å². The third-order valence-corrected chi connectivity index (χ3v) is 8.93. The number of hydrogen-bond donors (Lipinski definition) is 3. The summed E-state index contributed by atoms with van der Waals surface area (Å²) in [4.78, 5) is 39.7. The molecule has 4 aliphatic rings. The number of carbonyl (C=O) groups excluding carboxylic acids is 3. The number of carbonyl (C=O) groups is 3. The van der Waals surface area contributed by atoms with Gasteiger partial charge in [-0.15, -0.1) is 6.58 Å². The lowest BCUT2D eigenvalue weighted by molar-refractivity contribution is -0.130. The molecular weight excluding hydrogens is 479 g/mol. The maximum Gasteiger partial charge on any atom is 0.410 e. The fraction of sp³-hybridized carbons (Fsp3) is 0.522. The number of fused-ring (bicyclic) bond motifs is 1. The van der Waals surface area contributed by atoms with Crippen LogP contribution in [-0.4, -0.2) is 60.7 Å². The summed E-state index contributed by atoms with van der Waals surface area (Å²) in [5.74, 6) is -1.99. The van der Waals surface area contributed by atoms with Crippen LogP contribution in [0.4, 0.5) is 9.18 Å². The molecule has 3 amide bonds. The molecule has 2 heterocycles. The van der Waals surface area contributed by atoms with E-state index in [0.29, 0.717) is 18.4 Å². The average molecular weight is 507 g/mol. The monoisotopic (exact) mass is 506 g/mol. The normalized spacial score (nSPS) is 29.3. The van der Waals surface area contributed by atoms with Crippen molar-refractivity contribution in [2.75, 3.05) is 6.54 Å². The van der Waals surface area contributed by atoms with E-state index < -0.39 is 50.9 Å². The highest BCUT2D eigenvalue weighted by Crippen LogP contribution is 2.45. The summed E-state index contributed by atoms with van der Waals surface area (Å²) in [5.41, 5.74) is -0.153. The SMILES string of the molecule is C=CC1CC1(NC(=O)C1CC(OC(=O)N2Cc3cccc(F)c3C2)CN1)C(=O)NS(=O)(=O)C1CC1. The van der Waals surface area contributed by atoms with Crippen LogP contribution in [0.2, 0.25) is 0 Å². The smallest absolute Gasteiger partial charge is 0.410 e. The van der Waals surface area contributed by atoms with Crippen LogP contribution >= 0.6 is 0 Å². The highest BCUT2D eigenvalue weighted by Gasteiger charge is 2.61. The maximum absolute atomic E-state index is 14.0. The number of ether oxygens (including phenoxy) is 1. The minimum absolute atomic E-state index is 0.120. The first-order valence-electron chi connectivity index (χ1n) is 11.6. The second kappa shape index (κ2) is 8.59. The molecule has 10 nitrogen and oxygen atoms in total. The van der Waals surface area contributed by atoms with E-state index in [2.05, 4.69) is 21.9 Å². The van der Waals surface area contributed by atoms with Gasteiger partial charge in [0.1, 0.15) is 17.5 Å². The van der Waals surface area contributed by atoms with Crippen LogP contribution in [0.5, 0.6) is 0 Å². The number of hydrogen-bond acceptors (Lipinski definition) is 7. The summed E-state index contributed by atoms with van der Waals surface area (Å²) in [6, 6.07) is 3.98. The molecule has 3 fully saturated rings. The molecule has 0 radical (unpaired) electrons. The van der Waals surface area contributed by atoms with Crippen molar-refractivity contribution in [3.05, 3.63) is 47.8 Å². The zero-order valence-corrected chi connectivity index (χ0v) is 19.8. The Morgan fingerprint density at radius 1 is 1.26 bits per heavy atom. The minimum atomic E-state index is -3.76. The van der Waals surface area contributed by atoms with Crippen LogP contribution in [0.15, 0.2) is 30.9 Å². The van der Waals surface area contributed by atoms with Crippen LogP contribution in [0.1, 0.15) is 36.8 Å². The predicted molar refractivity (Wildman–Crippen MR) is 122 cm³/mol. The Kier molecular flexibility index (Phi) is 5.83. The summed E-state index contributed by atoms with van der Waals surface area (Å²) < 4.78 is 46.0. The summed E-state index contributed by atoms with van der Waals surface area (Å²) >= 11 is 0. The third kappa shape index (κ3) is 4.52. The lowest BCUT2D eigenvalue weighted by Gasteiger charge is -2.21. The molecule has 0 spiro atoms. The Bertz CT molecular complexity index is 1200. The Morgan fingerprint density at radius 2 is 2.03 bits per heavy atom. The average Bonchev–Trinajstić information content (AvgIpc) is 3.69. The van der Waals surface area contributed by atoms with Crippen molar-refractivity contribution in [2.24, 2.45) is 5.92 Å². The lowest BCUT2D eigenvalue weighted by Crippen LogP contribution is -2.55. The molecule has 2 saturated carbocycles. The van der Waals surface area contributed by atoms with E-state index in [-0.39, 0.29) is 44.2 Å². The van der Waals surface area contributed by atoms with Gasteiger partial charge in [0.25, 0.3) is 5.91 Å². The molecule has 1 saturated heterocycles. The third-order valence-electron chi connectivity index (χ3n) is 7.11. The van der Waals surface area contributed by atoms with Crippen molar-refractivity contribution >= 4 is 27.9 Å². The largest absolute Gasteiger partial charge is 0.445 e. The van der Waals surface area contributed by atoms with E-state index in [4.69, 9.17) is 4.74 Å². The van der Waals surface area contributed by atoms with Gasteiger partial charge < -0.3 is 15.4 Å². The Morgan fingerprint density at radius 3 is 2.69 bits per heavy atom.